The molecule has 0 aliphatic heterocycles. The van der Waals surface area contributed by atoms with Gasteiger partial charge in [-0.2, -0.15) is 0 Å². The van der Waals surface area contributed by atoms with Crippen LogP contribution in [0.25, 0.3) is 0 Å². The Kier molecular flexibility index (Phi) is 4.07. The van der Waals surface area contributed by atoms with Crippen LogP contribution in [0.2, 0.25) is 5.15 Å². The molecule has 0 saturated heterocycles. The quantitative estimate of drug-likeness (QED) is 0.891. The maximum atomic E-state index is 5.99. The van der Waals surface area contributed by atoms with Gasteiger partial charge in [0.15, 0.2) is 0 Å². The number of imidazole rings is 1. The van der Waals surface area contributed by atoms with Gasteiger partial charge in [-0.05, 0) is 32.4 Å². The van der Waals surface area contributed by atoms with Crippen molar-refractivity contribution in [2.45, 2.75) is 31.8 Å². The van der Waals surface area contributed by atoms with Crippen molar-refractivity contribution >= 4 is 11.6 Å². The van der Waals surface area contributed by atoms with Crippen LogP contribution < -0.4 is 5.73 Å². The lowest BCUT2D eigenvalue weighted by molar-refractivity contribution is 0.187. The lowest BCUT2D eigenvalue weighted by atomic mass is 10.0. The molecule has 5 heteroatoms. The first-order valence-electron chi connectivity index (χ1n) is 6.20. The normalized spacial score (nSPS) is 24.8. The van der Waals surface area contributed by atoms with Crippen molar-refractivity contribution in [3.63, 3.8) is 0 Å². The topological polar surface area (TPSA) is 47.1 Å². The second kappa shape index (κ2) is 5.38. The molecule has 2 rings (SSSR count). The smallest absolute Gasteiger partial charge is 0.128 e. The fourth-order valence-corrected chi connectivity index (χ4v) is 2.93. The molecule has 0 spiro atoms. The van der Waals surface area contributed by atoms with Crippen molar-refractivity contribution in [1.82, 2.24) is 14.5 Å². The zero-order valence-electron chi connectivity index (χ0n) is 10.6. The standard InChI is InChI=1S/C12H21ClN4/c1-16(10-5-3-4-9(10)6-14)8-12-15-7-11(13)17(12)2/h7,9-10H,3-6,8,14H2,1-2H3. The molecule has 2 unspecified atom stereocenters. The first kappa shape index (κ1) is 12.9. The minimum atomic E-state index is 0.593. The first-order valence-corrected chi connectivity index (χ1v) is 6.57. The molecule has 1 aromatic heterocycles. The molecule has 1 fully saturated rings. The average molecular weight is 257 g/mol. The van der Waals surface area contributed by atoms with Crippen molar-refractivity contribution in [3.8, 4) is 0 Å². The van der Waals surface area contributed by atoms with Crippen LogP contribution in [0.3, 0.4) is 0 Å². The van der Waals surface area contributed by atoms with Crippen molar-refractivity contribution in [1.29, 1.82) is 0 Å². The predicted octanol–water partition coefficient (Wildman–Crippen LogP) is 1.63. The van der Waals surface area contributed by atoms with E-state index in [2.05, 4.69) is 16.9 Å². The monoisotopic (exact) mass is 256 g/mol. The highest BCUT2D eigenvalue weighted by Gasteiger charge is 2.29. The molecule has 4 nitrogen and oxygen atoms in total. The third kappa shape index (κ3) is 2.64. The van der Waals surface area contributed by atoms with Gasteiger partial charge in [0.1, 0.15) is 11.0 Å². The molecule has 1 saturated carbocycles. The van der Waals surface area contributed by atoms with E-state index in [1.807, 2.05) is 11.6 Å². The Morgan fingerprint density at radius 1 is 1.59 bits per heavy atom. The number of aromatic nitrogens is 2. The zero-order chi connectivity index (χ0) is 12.4. The molecule has 0 radical (unpaired) electrons. The van der Waals surface area contributed by atoms with Crippen LogP contribution in [0.5, 0.6) is 0 Å². The van der Waals surface area contributed by atoms with E-state index in [9.17, 15) is 0 Å². The highest BCUT2D eigenvalue weighted by Crippen LogP contribution is 2.29. The molecule has 2 atom stereocenters. The van der Waals surface area contributed by atoms with Gasteiger partial charge in [0.05, 0.1) is 12.7 Å². The number of nitrogens with zero attached hydrogens (tertiary/aromatic N) is 3. The molecule has 1 heterocycles. The van der Waals surface area contributed by atoms with Crippen LogP contribution in [0, 0.1) is 5.92 Å². The Bertz CT molecular complexity index is 377. The fraction of sp³-hybridized carbons (Fsp3) is 0.750. The van der Waals surface area contributed by atoms with Crippen LogP contribution >= 0.6 is 11.6 Å². The molecule has 0 aromatic carbocycles. The van der Waals surface area contributed by atoms with Gasteiger partial charge in [0.25, 0.3) is 0 Å². The van der Waals surface area contributed by atoms with Gasteiger partial charge in [-0.1, -0.05) is 18.0 Å². The van der Waals surface area contributed by atoms with Crippen LogP contribution in [0.15, 0.2) is 6.20 Å². The Balaban J connectivity index is 2.01. The third-order valence-corrected chi connectivity index (χ3v) is 4.26. The molecule has 1 aliphatic carbocycles. The Labute approximate surface area is 108 Å². The second-order valence-corrected chi connectivity index (χ2v) is 5.35. The average Bonchev–Trinajstić information content (AvgIpc) is 2.90. The second-order valence-electron chi connectivity index (χ2n) is 4.97. The lowest BCUT2D eigenvalue weighted by Gasteiger charge is -2.28. The van der Waals surface area contributed by atoms with Gasteiger partial charge in [-0.3, -0.25) is 4.90 Å². The van der Waals surface area contributed by atoms with Crippen molar-refractivity contribution in [3.05, 3.63) is 17.2 Å². The Morgan fingerprint density at radius 2 is 2.35 bits per heavy atom. The van der Waals surface area contributed by atoms with Crippen molar-refractivity contribution in [2.24, 2.45) is 18.7 Å². The minimum absolute atomic E-state index is 0.593. The van der Waals surface area contributed by atoms with Crippen molar-refractivity contribution < 1.29 is 0 Å². The molecular weight excluding hydrogens is 236 g/mol. The van der Waals surface area contributed by atoms with E-state index >= 15 is 0 Å². The first-order chi connectivity index (χ1) is 8.13. The number of hydrogen-bond acceptors (Lipinski definition) is 3. The summed E-state index contributed by atoms with van der Waals surface area (Å²) in [5.41, 5.74) is 5.82. The number of nitrogens with two attached hydrogens (primary N) is 1. The van der Waals surface area contributed by atoms with E-state index in [-0.39, 0.29) is 0 Å². The summed E-state index contributed by atoms with van der Waals surface area (Å²) in [7, 11) is 4.11. The summed E-state index contributed by atoms with van der Waals surface area (Å²) < 4.78 is 1.93. The SMILES string of the molecule is CN(Cc1ncc(Cl)n1C)C1CCCC1CN. The van der Waals surface area contributed by atoms with Gasteiger partial charge in [-0.15, -0.1) is 0 Å². The highest BCUT2D eigenvalue weighted by molar-refractivity contribution is 6.29. The third-order valence-electron chi connectivity index (χ3n) is 3.91. The van der Waals surface area contributed by atoms with Gasteiger partial charge in [0, 0.05) is 13.1 Å². The Morgan fingerprint density at radius 3 is 2.94 bits per heavy atom. The van der Waals surface area contributed by atoms with Crippen LogP contribution in [0.4, 0.5) is 0 Å². The molecule has 96 valence electrons. The number of rotatable bonds is 4. The fourth-order valence-electron chi connectivity index (χ4n) is 2.78. The van der Waals surface area contributed by atoms with Crippen LogP contribution in [-0.2, 0) is 13.6 Å². The largest absolute Gasteiger partial charge is 0.330 e. The van der Waals surface area contributed by atoms with E-state index < -0.39 is 0 Å². The van der Waals surface area contributed by atoms with E-state index in [1.54, 1.807) is 6.20 Å². The summed E-state index contributed by atoms with van der Waals surface area (Å²) in [6.45, 7) is 1.63. The summed E-state index contributed by atoms with van der Waals surface area (Å²) in [6.07, 6.45) is 5.50. The van der Waals surface area contributed by atoms with Gasteiger partial charge >= 0.3 is 0 Å². The molecule has 1 aliphatic rings. The van der Waals surface area contributed by atoms with E-state index in [0.717, 1.165) is 18.9 Å². The molecule has 17 heavy (non-hydrogen) atoms. The van der Waals surface area contributed by atoms with Crippen LogP contribution in [-0.4, -0.2) is 34.1 Å². The molecule has 0 bridgehead atoms. The minimum Gasteiger partial charge on any atom is -0.330 e. The zero-order valence-corrected chi connectivity index (χ0v) is 11.3. The molecule has 1 aromatic rings. The Hall–Kier alpha value is -0.580. The van der Waals surface area contributed by atoms with Gasteiger partial charge in [-0.25, -0.2) is 4.98 Å². The molecular formula is C12H21ClN4. The molecule has 2 N–H and O–H groups in total. The van der Waals surface area contributed by atoms with Crippen molar-refractivity contribution in [2.75, 3.05) is 13.6 Å². The van der Waals surface area contributed by atoms with Gasteiger partial charge in [0.2, 0.25) is 0 Å². The summed E-state index contributed by atoms with van der Waals surface area (Å²) in [5, 5.41) is 0.690. The van der Waals surface area contributed by atoms with E-state index in [1.165, 1.54) is 19.3 Å². The summed E-state index contributed by atoms with van der Waals surface area (Å²) >= 11 is 5.99. The van der Waals surface area contributed by atoms with E-state index in [0.29, 0.717) is 17.1 Å². The highest BCUT2D eigenvalue weighted by atomic mass is 35.5. The maximum Gasteiger partial charge on any atom is 0.128 e. The van der Waals surface area contributed by atoms with E-state index in [4.69, 9.17) is 17.3 Å². The number of halogens is 1. The summed E-state index contributed by atoms with van der Waals surface area (Å²) in [5.74, 6) is 1.65. The van der Waals surface area contributed by atoms with Gasteiger partial charge < -0.3 is 10.3 Å². The summed E-state index contributed by atoms with van der Waals surface area (Å²) in [6, 6.07) is 0.593. The maximum absolute atomic E-state index is 5.99. The molecule has 0 amide bonds. The number of hydrogen-bond donors (Lipinski definition) is 1. The lowest BCUT2D eigenvalue weighted by Crippen LogP contribution is -2.37. The van der Waals surface area contributed by atoms with Crippen LogP contribution in [0.1, 0.15) is 25.1 Å². The predicted molar refractivity (Wildman–Crippen MR) is 69.9 cm³/mol. The summed E-state index contributed by atoms with van der Waals surface area (Å²) in [4.78, 5) is 6.70.